The quantitative estimate of drug-likeness (QED) is 0.455. The van der Waals surface area contributed by atoms with Crippen LogP contribution in [0.3, 0.4) is 0 Å². The molecular weight excluding hydrogens is 318 g/mol. The summed E-state index contributed by atoms with van der Waals surface area (Å²) in [5.41, 5.74) is 10.3. The van der Waals surface area contributed by atoms with Gasteiger partial charge in [-0.15, -0.1) is 0 Å². The van der Waals surface area contributed by atoms with Crippen molar-refractivity contribution >= 4 is 5.52 Å². The van der Waals surface area contributed by atoms with Crippen LogP contribution in [0.4, 0.5) is 0 Å². The van der Waals surface area contributed by atoms with Crippen molar-refractivity contribution in [2.24, 2.45) is 0 Å². The van der Waals surface area contributed by atoms with Crippen LogP contribution in [0.5, 0.6) is 0 Å². The van der Waals surface area contributed by atoms with Crippen molar-refractivity contribution in [3.63, 3.8) is 0 Å². The van der Waals surface area contributed by atoms with Gasteiger partial charge in [-0.2, -0.15) is 10.4 Å². The zero-order chi connectivity index (χ0) is 17.7. The van der Waals surface area contributed by atoms with Crippen LogP contribution >= 0.6 is 0 Å². The van der Waals surface area contributed by atoms with Crippen molar-refractivity contribution in [2.45, 2.75) is 19.8 Å². The van der Waals surface area contributed by atoms with Gasteiger partial charge in [-0.05, 0) is 47.4 Å². The van der Waals surface area contributed by atoms with Crippen molar-refractivity contribution in [3.05, 3.63) is 83.2 Å². The average molecular weight is 335 g/mol. The van der Waals surface area contributed by atoms with E-state index in [1.807, 2.05) is 24.3 Å². The third-order valence-electron chi connectivity index (χ3n) is 5.26. The predicted molar refractivity (Wildman–Crippen MR) is 103 cm³/mol. The van der Waals surface area contributed by atoms with E-state index in [9.17, 15) is 0 Å². The molecule has 0 fully saturated rings. The number of aryl methyl sites for hydroxylation is 1. The maximum atomic E-state index is 9.13. The number of fused-ring (bicyclic) bond motifs is 4. The molecule has 0 spiro atoms. The highest BCUT2D eigenvalue weighted by Crippen LogP contribution is 2.44. The van der Waals surface area contributed by atoms with Crippen LogP contribution in [-0.4, -0.2) is 9.61 Å². The van der Waals surface area contributed by atoms with Crippen LogP contribution in [0.2, 0.25) is 0 Å². The Labute approximate surface area is 152 Å². The Kier molecular flexibility index (Phi) is 3.20. The second-order valence-electron chi connectivity index (χ2n) is 6.70. The van der Waals surface area contributed by atoms with Gasteiger partial charge in [-0.25, -0.2) is 4.52 Å². The van der Waals surface area contributed by atoms with E-state index in [0.717, 1.165) is 29.6 Å². The summed E-state index contributed by atoms with van der Waals surface area (Å²) in [5, 5.41) is 14.1. The van der Waals surface area contributed by atoms with Crippen molar-refractivity contribution < 1.29 is 0 Å². The van der Waals surface area contributed by atoms with Crippen LogP contribution in [-0.2, 0) is 12.8 Å². The minimum Gasteiger partial charge on any atom is -0.237 e. The van der Waals surface area contributed by atoms with Gasteiger partial charge >= 0.3 is 0 Å². The van der Waals surface area contributed by atoms with Gasteiger partial charge in [0.05, 0.1) is 22.8 Å². The first-order chi connectivity index (χ1) is 12.8. The summed E-state index contributed by atoms with van der Waals surface area (Å²) in [6, 6.07) is 23.0. The van der Waals surface area contributed by atoms with Crippen molar-refractivity contribution in [2.75, 3.05) is 0 Å². The van der Waals surface area contributed by atoms with E-state index in [1.54, 1.807) is 0 Å². The minimum atomic E-state index is 0.681. The number of hydrogen-bond donors (Lipinski definition) is 0. The second kappa shape index (κ2) is 5.57. The highest BCUT2D eigenvalue weighted by Gasteiger charge is 2.26. The third-order valence-corrected chi connectivity index (χ3v) is 5.26. The molecule has 3 nitrogen and oxygen atoms in total. The molecule has 0 bridgehead atoms. The lowest BCUT2D eigenvalue weighted by Crippen LogP contribution is -2.03. The van der Waals surface area contributed by atoms with Crippen LogP contribution < -0.4 is 0 Å². The first-order valence-corrected chi connectivity index (χ1v) is 8.92. The lowest BCUT2D eigenvalue weighted by atomic mass is 9.95. The fourth-order valence-corrected chi connectivity index (χ4v) is 4.01. The van der Waals surface area contributed by atoms with Crippen LogP contribution in [0.1, 0.15) is 29.4 Å². The predicted octanol–water partition coefficient (Wildman–Crippen LogP) is 5.01. The van der Waals surface area contributed by atoms with E-state index in [2.05, 4.69) is 53.9 Å². The zero-order valence-electron chi connectivity index (χ0n) is 14.5. The summed E-state index contributed by atoms with van der Waals surface area (Å²) < 4.78 is 2.10. The largest absolute Gasteiger partial charge is 0.237 e. The lowest BCUT2D eigenvalue weighted by molar-refractivity contribution is 0.832. The summed E-state index contributed by atoms with van der Waals surface area (Å²) in [7, 11) is 0. The van der Waals surface area contributed by atoms with E-state index < -0.39 is 0 Å². The van der Waals surface area contributed by atoms with E-state index in [1.165, 1.54) is 27.9 Å². The number of benzene rings is 2. The Balaban J connectivity index is 1.88. The smallest absolute Gasteiger partial charge is 0.0991 e. The van der Waals surface area contributed by atoms with Gasteiger partial charge in [0.25, 0.3) is 0 Å². The Morgan fingerprint density at radius 2 is 1.81 bits per heavy atom. The molecule has 1 aliphatic rings. The Morgan fingerprint density at radius 3 is 2.58 bits per heavy atom. The average Bonchev–Trinajstić information content (AvgIpc) is 3.27. The first-order valence-electron chi connectivity index (χ1n) is 8.92. The van der Waals surface area contributed by atoms with Crippen LogP contribution in [0.15, 0.2) is 60.7 Å². The summed E-state index contributed by atoms with van der Waals surface area (Å²) in [6.45, 7) is 2.16. The molecular formula is C23H17N3. The molecule has 3 heteroatoms. The molecule has 0 radical (unpaired) electrons. The first kappa shape index (κ1) is 14.9. The molecule has 0 saturated carbocycles. The monoisotopic (exact) mass is 335 g/mol. The van der Waals surface area contributed by atoms with Crippen molar-refractivity contribution in [1.29, 1.82) is 5.26 Å². The number of rotatable bonds is 2. The fourth-order valence-electron chi connectivity index (χ4n) is 4.01. The summed E-state index contributed by atoms with van der Waals surface area (Å²) >= 11 is 0. The molecule has 2 heterocycles. The van der Waals surface area contributed by atoms with E-state index in [-0.39, 0.29) is 0 Å². The van der Waals surface area contributed by atoms with Crippen LogP contribution in [0.25, 0.3) is 27.8 Å². The SMILES string of the molecule is CCc1ccc2c(-c3ccc(C#N)cc3)c3c(nn12)Cc1ccccc1-3. The third kappa shape index (κ3) is 2.02. The molecule has 0 saturated heterocycles. The van der Waals surface area contributed by atoms with Crippen molar-refractivity contribution in [1.82, 2.24) is 9.61 Å². The molecule has 0 N–H and O–H groups in total. The van der Waals surface area contributed by atoms with Gasteiger partial charge in [0.2, 0.25) is 0 Å². The molecule has 4 aromatic rings. The van der Waals surface area contributed by atoms with E-state index in [0.29, 0.717) is 5.56 Å². The standard InChI is InChI=1S/C23H17N3/c1-2-18-11-12-21-22(16-9-7-15(14-24)8-10-16)23-19-6-4-3-5-17(19)13-20(23)25-26(18)21/h3-12H,2,13H2,1H3. The Morgan fingerprint density at radius 1 is 1.00 bits per heavy atom. The molecule has 26 heavy (non-hydrogen) atoms. The summed E-state index contributed by atoms with van der Waals surface area (Å²) in [5.74, 6) is 0. The van der Waals surface area contributed by atoms with E-state index >= 15 is 0 Å². The number of nitrogens with zero attached hydrogens (tertiary/aromatic N) is 3. The minimum absolute atomic E-state index is 0.681. The number of hydrogen-bond acceptors (Lipinski definition) is 2. The van der Waals surface area contributed by atoms with Gasteiger partial charge in [-0.3, -0.25) is 0 Å². The highest BCUT2D eigenvalue weighted by atomic mass is 15.2. The van der Waals surface area contributed by atoms with E-state index in [4.69, 9.17) is 10.4 Å². The lowest BCUT2D eigenvalue weighted by Gasteiger charge is -2.13. The van der Waals surface area contributed by atoms with Gasteiger partial charge in [0.1, 0.15) is 0 Å². The number of nitriles is 1. The topological polar surface area (TPSA) is 41.1 Å². The molecule has 124 valence electrons. The second-order valence-corrected chi connectivity index (χ2v) is 6.70. The molecule has 0 atom stereocenters. The van der Waals surface area contributed by atoms with Crippen molar-refractivity contribution in [3.8, 4) is 28.3 Å². The molecule has 0 aliphatic heterocycles. The molecule has 1 aliphatic carbocycles. The molecule has 2 aromatic heterocycles. The molecule has 2 aromatic carbocycles. The maximum absolute atomic E-state index is 9.13. The molecule has 5 rings (SSSR count). The summed E-state index contributed by atoms with van der Waals surface area (Å²) in [6.07, 6.45) is 1.81. The highest BCUT2D eigenvalue weighted by molar-refractivity contribution is 5.97. The summed E-state index contributed by atoms with van der Waals surface area (Å²) in [4.78, 5) is 0. The van der Waals surface area contributed by atoms with Gasteiger partial charge in [-0.1, -0.05) is 43.3 Å². The van der Waals surface area contributed by atoms with Gasteiger partial charge in [0.15, 0.2) is 0 Å². The van der Waals surface area contributed by atoms with Crippen LogP contribution in [0, 0.1) is 11.3 Å². The zero-order valence-corrected chi connectivity index (χ0v) is 14.5. The maximum Gasteiger partial charge on any atom is 0.0991 e. The van der Waals surface area contributed by atoms with Gasteiger partial charge in [0, 0.05) is 23.2 Å². The number of aromatic nitrogens is 2. The van der Waals surface area contributed by atoms with Gasteiger partial charge < -0.3 is 0 Å². The Hall–Kier alpha value is -3.38. The fraction of sp³-hybridized carbons (Fsp3) is 0.130. The molecule has 0 amide bonds. The molecule has 0 unspecified atom stereocenters. The Bertz CT molecular complexity index is 1190. The normalized spacial score (nSPS) is 12.0.